The zero-order valence-electron chi connectivity index (χ0n) is 29.5. The molecule has 0 aliphatic carbocycles. The Morgan fingerprint density at radius 2 is 1.54 bits per heavy atom. The number of sulfone groups is 1. The third-order valence-corrected chi connectivity index (χ3v) is 10.1. The van der Waals surface area contributed by atoms with Gasteiger partial charge in [-0.25, -0.2) is 13.4 Å². The first kappa shape index (κ1) is 39.5. The fourth-order valence-electron chi connectivity index (χ4n) is 5.30. The molecule has 17 heteroatoms. The first-order valence-corrected chi connectivity index (χ1v) is 19.2. The average molecular weight is 778 g/mol. The van der Waals surface area contributed by atoms with Gasteiger partial charge in [-0.1, -0.05) is 86.2 Å². The Balaban J connectivity index is 0.945. The molecule has 3 aromatic carbocycles. The minimum Gasteiger partial charge on any atom is -0.465 e. The van der Waals surface area contributed by atoms with E-state index in [0.717, 1.165) is 44.1 Å². The van der Waals surface area contributed by atoms with E-state index in [1.54, 1.807) is 49.5 Å². The molecule has 0 unspecified atom stereocenters. The largest absolute Gasteiger partial charge is 0.465 e. The second kappa shape index (κ2) is 19.4. The van der Waals surface area contributed by atoms with Crippen LogP contribution in [0.15, 0.2) is 99.6 Å². The van der Waals surface area contributed by atoms with E-state index in [1.807, 2.05) is 24.3 Å². The van der Waals surface area contributed by atoms with Crippen LogP contribution in [0.4, 0.5) is 23.1 Å². The summed E-state index contributed by atoms with van der Waals surface area (Å²) in [5, 5.41) is 23.9. The molecule has 15 nitrogen and oxygen atoms in total. The van der Waals surface area contributed by atoms with Crippen molar-refractivity contribution in [1.82, 2.24) is 20.4 Å². The average Bonchev–Trinajstić information content (AvgIpc) is 3.56. The number of hydrogen-bond acceptors (Lipinski definition) is 13. The number of hydrogen-bond donors (Lipinski definition) is 3. The van der Waals surface area contributed by atoms with Gasteiger partial charge in [-0.3, -0.25) is 14.2 Å². The Labute approximate surface area is 317 Å². The highest BCUT2D eigenvalue weighted by molar-refractivity contribution is 7.91. The SMILES string of the molecule is CNC(=O)c1ccccc1Nc1nc(Nc2ccc(CC(=O)OCCCCCCCCCOc3no[n+]([O-])c3S(=O)(=O)c3ccccc3)cc2)ncc1Cl. The number of aromatic nitrogens is 4. The predicted octanol–water partition coefficient (Wildman–Crippen LogP) is 6.33. The molecule has 1 amide bonds. The van der Waals surface area contributed by atoms with Crippen molar-refractivity contribution in [2.45, 2.75) is 61.3 Å². The molecular weight excluding hydrogens is 738 g/mol. The number of nitrogens with one attached hydrogen (secondary N) is 3. The molecule has 0 aliphatic heterocycles. The summed E-state index contributed by atoms with van der Waals surface area (Å²) in [6.07, 6.45) is 7.67. The summed E-state index contributed by atoms with van der Waals surface area (Å²) in [6.45, 7) is 0.530. The molecule has 0 bridgehead atoms. The number of rotatable bonds is 20. The van der Waals surface area contributed by atoms with Gasteiger partial charge in [0.15, 0.2) is 5.82 Å². The molecule has 0 radical (unpaired) electrons. The summed E-state index contributed by atoms with van der Waals surface area (Å²) in [5.74, 6) is -0.296. The summed E-state index contributed by atoms with van der Waals surface area (Å²) in [7, 11) is -2.59. The smallest absolute Gasteiger partial charge is 0.414 e. The monoisotopic (exact) mass is 777 g/mol. The number of anilines is 4. The van der Waals surface area contributed by atoms with Crippen molar-refractivity contribution >= 4 is 56.5 Å². The van der Waals surface area contributed by atoms with Crippen molar-refractivity contribution in [3.8, 4) is 5.88 Å². The van der Waals surface area contributed by atoms with Gasteiger partial charge in [0.25, 0.3) is 15.7 Å². The van der Waals surface area contributed by atoms with Gasteiger partial charge in [0.2, 0.25) is 5.95 Å². The molecule has 284 valence electrons. The number of amides is 1. The zero-order chi connectivity index (χ0) is 38.3. The van der Waals surface area contributed by atoms with Crippen molar-refractivity contribution in [1.29, 1.82) is 0 Å². The van der Waals surface area contributed by atoms with Crippen LogP contribution in [0.1, 0.15) is 60.9 Å². The quantitative estimate of drug-likeness (QED) is 0.0450. The van der Waals surface area contributed by atoms with Crippen LogP contribution in [0.3, 0.4) is 0 Å². The Morgan fingerprint density at radius 1 is 0.870 bits per heavy atom. The van der Waals surface area contributed by atoms with Gasteiger partial charge in [0.1, 0.15) is 5.02 Å². The van der Waals surface area contributed by atoms with Crippen LogP contribution in [0.25, 0.3) is 0 Å². The molecular formula is C37H40ClN7O8S. The van der Waals surface area contributed by atoms with Gasteiger partial charge < -0.3 is 30.6 Å². The van der Waals surface area contributed by atoms with E-state index in [2.05, 4.69) is 35.7 Å². The Kier molecular flexibility index (Phi) is 14.2. The highest BCUT2D eigenvalue weighted by Gasteiger charge is 2.35. The Hall–Kier alpha value is -5.74. The minimum absolute atomic E-state index is 0.0578. The number of nitrogens with zero attached hydrogens (tertiary/aromatic N) is 4. The van der Waals surface area contributed by atoms with Crippen molar-refractivity contribution < 1.29 is 37.0 Å². The Bertz CT molecular complexity index is 2120. The van der Waals surface area contributed by atoms with Gasteiger partial charge in [0.05, 0.1) is 47.1 Å². The van der Waals surface area contributed by atoms with Crippen molar-refractivity contribution in [2.75, 3.05) is 30.9 Å². The Morgan fingerprint density at radius 3 is 2.26 bits per heavy atom. The molecule has 0 aliphatic rings. The van der Waals surface area contributed by atoms with Crippen LogP contribution in [0.5, 0.6) is 5.88 Å². The number of unbranched alkanes of at least 4 members (excludes halogenated alkanes) is 6. The van der Waals surface area contributed by atoms with Crippen LogP contribution in [-0.2, 0) is 25.8 Å². The van der Waals surface area contributed by atoms with Gasteiger partial charge in [-0.05, 0) is 59.7 Å². The normalized spacial score (nSPS) is 11.1. The molecule has 2 heterocycles. The molecule has 3 N–H and O–H groups in total. The van der Waals surface area contributed by atoms with Gasteiger partial charge >= 0.3 is 16.9 Å². The topological polar surface area (TPSA) is 202 Å². The lowest BCUT2D eigenvalue weighted by Gasteiger charge is -2.13. The van der Waals surface area contributed by atoms with Gasteiger partial charge in [-0.2, -0.15) is 4.98 Å². The predicted molar refractivity (Wildman–Crippen MR) is 200 cm³/mol. The third kappa shape index (κ3) is 10.9. The summed E-state index contributed by atoms with van der Waals surface area (Å²) < 4.78 is 41.1. The van der Waals surface area contributed by atoms with Crippen LogP contribution in [0.2, 0.25) is 5.02 Å². The third-order valence-electron chi connectivity index (χ3n) is 8.10. The van der Waals surface area contributed by atoms with Crippen molar-refractivity contribution in [3.63, 3.8) is 0 Å². The first-order valence-electron chi connectivity index (χ1n) is 17.3. The molecule has 54 heavy (non-hydrogen) atoms. The molecule has 0 saturated heterocycles. The number of carbonyl (C=O) groups is 2. The van der Waals surface area contributed by atoms with Crippen molar-refractivity contribution in [2.24, 2.45) is 0 Å². The van der Waals surface area contributed by atoms with E-state index in [-0.39, 0.29) is 51.6 Å². The van der Waals surface area contributed by atoms with E-state index in [4.69, 9.17) is 21.1 Å². The zero-order valence-corrected chi connectivity index (χ0v) is 31.1. The van der Waals surface area contributed by atoms with Gasteiger partial charge in [0, 0.05) is 12.7 Å². The maximum absolute atomic E-state index is 12.8. The summed E-state index contributed by atoms with van der Waals surface area (Å²) in [5.41, 5.74) is 2.48. The first-order chi connectivity index (χ1) is 26.2. The van der Waals surface area contributed by atoms with E-state index in [0.29, 0.717) is 35.8 Å². The lowest BCUT2D eigenvalue weighted by molar-refractivity contribution is -0.832. The van der Waals surface area contributed by atoms with Crippen LogP contribution in [0, 0.1) is 5.21 Å². The second-order valence-corrected chi connectivity index (χ2v) is 14.3. The second-order valence-electron chi connectivity index (χ2n) is 12.0. The maximum Gasteiger partial charge on any atom is 0.414 e. The number of benzene rings is 3. The van der Waals surface area contributed by atoms with E-state index < -0.39 is 14.9 Å². The van der Waals surface area contributed by atoms with E-state index in [9.17, 15) is 23.2 Å². The fraction of sp³-hybridized carbons (Fsp3) is 0.297. The summed E-state index contributed by atoms with van der Waals surface area (Å²) in [6, 6.07) is 21.8. The molecule has 0 atom stereocenters. The fourth-order valence-corrected chi connectivity index (χ4v) is 6.74. The number of ether oxygens (including phenoxy) is 2. The summed E-state index contributed by atoms with van der Waals surface area (Å²) >= 11 is 6.33. The maximum atomic E-state index is 12.8. The van der Waals surface area contributed by atoms with Gasteiger partial charge in [-0.15, -0.1) is 0 Å². The molecule has 0 saturated carbocycles. The number of esters is 1. The molecule has 0 spiro atoms. The number of para-hydroxylation sites is 1. The lowest BCUT2D eigenvalue weighted by atomic mass is 10.1. The van der Waals surface area contributed by atoms with Crippen LogP contribution < -0.4 is 25.6 Å². The molecule has 5 aromatic rings. The van der Waals surface area contributed by atoms with E-state index >= 15 is 0 Å². The molecule has 2 aromatic heterocycles. The highest BCUT2D eigenvalue weighted by Crippen LogP contribution is 2.28. The summed E-state index contributed by atoms with van der Waals surface area (Å²) in [4.78, 5) is 33.1. The highest BCUT2D eigenvalue weighted by atomic mass is 35.5. The van der Waals surface area contributed by atoms with Crippen molar-refractivity contribution in [3.05, 3.63) is 106 Å². The number of carbonyl (C=O) groups excluding carboxylic acids is 2. The molecule has 0 fully saturated rings. The van der Waals surface area contributed by atoms with E-state index in [1.165, 1.54) is 18.3 Å². The van der Waals surface area contributed by atoms with Crippen LogP contribution >= 0.6 is 11.6 Å². The lowest BCUT2D eigenvalue weighted by Crippen LogP contribution is -2.30. The minimum atomic E-state index is -4.15. The molecule has 5 rings (SSSR count). The standard InChI is InChI=1S/C37H40ClN7O8S/c1-39-34(47)29-16-10-11-17-31(29)42-33-30(38)25-40-37(43-33)41-27-20-18-26(19-21-27)24-32(46)51-22-12-5-3-2-4-6-13-23-52-35-36(45(48)53-44-35)54(49,50)28-14-8-7-9-15-28/h7-11,14-21,25H,2-6,12-13,22-24H2,1H3,(H,39,47)(H2,40,41,42,43). The number of halogens is 1. The van der Waals surface area contributed by atoms with Crippen LogP contribution in [-0.4, -0.2) is 55.7 Å².